The lowest BCUT2D eigenvalue weighted by Gasteiger charge is -2.31. The average Bonchev–Trinajstić information content (AvgIpc) is 2.75. The largest absolute Gasteiger partial charge is 0.465 e. The van der Waals surface area contributed by atoms with Crippen LogP contribution in [0.1, 0.15) is 23.2 Å². The van der Waals surface area contributed by atoms with Gasteiger partial charge in [-0.25, -0.2) is 17.6 Å². The second-order valence-electron chi connectivity index (χ2n) is 6.83. The van der Waals surface area contributed by atoms with Crippen LogP contribution in [0.15, 0.2) is 47.4 Å². The Morgan fingerprint density at radius 2 is 1.90 bits per heavy atom. The molecule has 7 nitrogen and oxygen atoms in total. The number of ether oxygens (including phenoxy) is 1. The van der Waals surface area contributed by atoms with Crippen molar-refractivity contribution in [3.63, 3.8) is 0 Å². The number of anilines is 1. The molecule has 1 saturated heterocycles. The van der Waals surface area contributed by atoms with Crippen molar-refractivity contribution < 1.29 is 27.1 Å². The molecule has 0 aliphatic carbocycles. The molecule has 10 heteroatoms. The fourth-order valence-electron chi connectivity index (χ4n) is 3.24. The third-order valence-corrected chi connectivity index (χ3v) is 7.05. The summed E-state index contributed by atoms with van der Waals surface area (Å²) in [5, 5.41) is 2.89. The number of halogens is 2. The van der Waals surface area contributed by atoms with Gasteiger partial charge in [-0.05, 0) is 55.3 Å². The monoisotopic (exact) mass is 454 g/mol. The van der Waals surface area contributed by atoms with Crippen molar-refractivity contribution in [2.75, 3.05) is 25.5 Å². The van der Waals surface area contributed by atoms with E-state index >= 15 is 0 Å². The van der Waals surface area contributed by atoms with E-state index < -0.39 is 27.7 Å². The first-order valence-corrected chi connectivity index (χ1v) is 11.0. The highest BCUT2D eigenvalue weighted by Gasteiger charge is 2.33. The first kappa shape index (κ1) is 22.2. The van der Waals surface area contributed by atoms with E-state index in [2.05, 4.69) is 10.1 Å². The molecule has 2 aromatic rings. The number of carbonyl (C=O) groups is 2. The number of esters is 1. The fourth-order valence-corrected chi connectivity index (χ4v) is 4.96. The summed E-state index contributed by atoms with van der Waals surface area (Å²) >= 11 is 5.98. The summed E-state index contributed by atoms with van der Waals surface area (Å²) in [6.07, 6.45) is 1.02. The zero-order valence-electron chi connectivity index (χ0n) is 16.1. The predicted octanol–water partition coefficient (Wildman–Crippen LogP) is 3.31. The van der Waals surface area contributed by atoms with Crippen LogP contribution in [-0.2, 0) is 19.6 Å². The third-order valence-electron chi connectivity index (χ3n) is 4.85. The Hall–Kier alpha value is -2.49. The summed E-state index contributed by atoms with van der Waals surface area (Å²) < 4.78 is 44.7. The summed E-state index contributed by atoms with van der Waals surface area (Å²) in [5.74, 6) is -2.11. The molecule has 1 N–H and O–H groups in total. The molecule has 1 heterocycles. The molecule has 0 saturated carbocycles. The van der Waals surface area contributed by atoms with Crippen LogP contribution in [0.3, 0.4) is 0 Å². The van der Waals surface area contributed by atoms with Crippen molar-refractivity contribution in [2.45, 2.75) is 17.7 Å². The summed E-state index contributed by atoms with van der Waals surface area (Å²) in [4.78, 5) is 24.5. The van der Waals surface area contributed by atoms with Gasteiger partial charge in [-0.1, -0.05) is 11.6 Å². The number of hydrogen-bond acceptors (Lipinski definition) is 5. The maximum atomic E-state index is 13.1. The van der Waals surface area contributed by atoms with Crippen LogP contribution in [0.2, 0.25) is 5.02 Å². The molecule has 0 radical (unpaired) electrons. The van der Waals surface area contributed by atoms with Gasteiger partial charge >= 0.3 is 5.97 Å². The molecule has 1 aliphatic rings. The van der Waals surface area contributed by atoms with Crippen LogP contribution in [0.25, 0.3) is 0 Å². The summed E-state index contributed by atoms with van der Waals surface area (Å²) in [5.41, 5.74) is 0.462. The normalized spacial score (nSPS) is 17.4. The smallest absolute Gasteiger partial charge is 0.339 e. The first-order valence-electron chi connectivity index (χ1n) is 9.17. The number of methoxy groups -OCH3 is 1. The van der Waals surface area contributed by atoms with Gasteiger partial charge in [-0.3, -0.25) is 4.79 Å². The van der Waals surface area contributed by atoms with Crippen LogP contribution in [0, 0.1) is 11.7 Å². The van der Waals surface area contributed by atoms with Gasteiger partial charge < -0.3 is 10.1 Å². The Kier molecular flexibility index (Phi) is 6.74. The Morgan fingerprint density at radius 1 is 1.20 bits per heavy atom. The van der Waals surface area contributed by atoms with E-state index in [-0.39, 0.29) is 34.5 Å². The number of rotatable bonds is 5. The molecule has 2 aromatic carbocycles. The highest BCUT2D eigenvalue weighted by molar-refractivity contribution is 7.89. The van der Waals surface area contributed by atoms with Crippen LogP contribution >= 0.6 is 11.6 Å². The zero-order chi connectivity index (χ0) is 21.9. The maximum absolute atomic E-state index is 13.1. The fraction of sp³-hybridized carbons (Fsp3) is 0.300. The number of nitrogens with zero attached hydrogens (tertiary/aromatic N) is 1. The van der Waals surface area contributed by atoms with Gasteiger partial charge in [-0.2, -0.15) is 4.31 Å². The van der Waals surface area contributed by atoms with E-state index in [9.17, 15) is 22.4 Å². The maximum Gasteiger partial charge on any atom is 0.339 e. The highest BCUT2D eigenvalue weighted by atomic mass is 35.5. The molecule has 0 aromatic heterocycles. The molecule has 30 heavy (non-hydrogen) atoms. The molecule has 1 atom stereocenters. The summed E-state index contributed by atoms with van der Waals surface area (Å²) in [7, 11) is -2.61. The van der Waals surface area contributed by atoms with Gasteiger partial charge in [0.05, 0.1) is 28.5 Å². The van der Waals surface area contributed by atoms with Crippen molar-refractivity contribution in [3.05, 3.63) is 58.9 Å². The molecule has 1 fully saturated rings. The molecule has 3 rings (SSSR count). The van der Waals surface area contributed by atoms with Gasteiger partial charge in [0.2, 0.25) is 15.9 Å². The molecule has 0 spiro atoms. The van der Waals surface area contributed by atoms with Crippen LogP contribution in [0.4, 0.5) is 10.1 Å². The minimum Gasteiger partial charge on any atom is -0.465 e. The molecule has 1 unspecified atom stereocenters. The summed E-state index contributed by atoms with van der Waals surface area (Å²) in [6.45, 7) is 0.278. The lowest BCUT2D eigenvalue weighted by Crippen LogP contribution is -2.43. The van der Waals surface area contributed by atoms with Crippen LogP contribution in [-0.4, -0.2) is 44.8 Å². The number of carbonyl (C=O) groups excluding carboxylic acids is 2. The molecular formula is C20H20ClFN2O5S. The van der Waals surface area contributed by atoms with Crippen molar-refractivity contribution in [2.24, 2.45) is 5.92 Å². The number of amides is 1. The Balaban J connectivity index is 1.73. The number of sulfonamides is 1. The van der Waals surface area contributed by atoms with Crippen molar-refractivity contribution in [3.8, 4) is 0 Å². The number of hydrogen-bond donors (Lipinski definition) is 1. The van der Waals surface area contributed by atoms with E-state index in [0.29, 0.717) is 18.5 Å². The lowest BCUT2D eigenvalue weighted by atomic mass is 9.98. The molecule has 1 amide bonds. The van der Waals surface area contributed by atoms with Gasteiger partial charge in [0, 0.05) is 18.8 Å². The Labute approximate surface area is 178 Å². The van der Waals surface area contributed by atoms with Gasteiger partial charge in [0.25, 0.3) is 0 Å². The van der Waals surface area contributed by atoms with E-state index in [1.54, 1.807) is 6.07 Å². The minimum absolute atomic E-state index is 0.00297. The van der Waals surface area contributed by atoms with E-state index in [1.807, 2.05) is 0 Å². The molecular weight excluding hydrogens is 435 g/mol. The second kappa shape index (κ2) is 9.11. The highest BCUT2D eigenvalue weighted by Crippen LogP contribution is 2.26. The molecule has 0 bridgehead atoms. The Bertz CT molecular complexity index is 1060. The quantitative estimate of drug-likeness (QED) is 0.700. The lowest BCUT2D eigenvalue weighted by molar-refractivity contribution is -0.120. The SMILES string of the molecule is COC(=O)c1cc(NC(=O)C2CCCN(S(=O)(=O)c3ccc(F)cc3)C2)ccc1Cl. The second-order valence-corrected chi connectivity index (χ2v) is 9.18. The zero-order valence-corrected chi connectivity index (χ0v) is 17.7. The third kappa shape index (κ3) is 4.80. The van der Waals surface area contributed by atoms with E-state index in [4.69, 9.17) is 11.6 Å². The van der Waals surface area contributed by atoms with Gasteiger partial charge in [-0.15, -0.1) is 0 Å². The summed E-state index contributed by atoms with van der Waals surface area (Å²) in [6, 6.07) is 8.99. The minimum atomic E-state index is -3.84. The van der Waals surface area contributed by atoms with Crippen LogP contribution < -0.4 is 5.32 Å². The van der Waals surface area contributed by atoms with E-state index in [1.165, 1.54) is 35.7 Å². The average molecular weight is 455 g/mol. The first-order chi connectivity index (χ1) is 14.2. The standard InChI is InChI=1S/C20H20ClFN2O5S/c1-29-20(26)17-11-15(6-9-18(17)21)23-19(25)13-3-2-10-24(12-13)30(27,28)16-7-4-14(22)5-8-16/h4-9,11,13H,2-3,10,12H2,1H3,(H,23,25). The van der Waals surface area contributed by atoms with Crippen molar-refractivity contribution in [1.82, 2.24) is 4.31 Å². The number of piperidine rings is 1. The van der Waals surface area contributed by atoms with Gasteiger partial charge in [0.15, 0.2) is 0 Å². The van der Waals surface area contributed by atoms with Gasteiger partial charge in [0.1, 0.15) is 5.82 Å². The van der Waals surface area contributed by atoms with Crippen molar-refractivity contribution >= 4 is 39.2 Å². The predicted molar refractivity (Wildman–Crippen MR) is 109 cm³/mol. The van der Waals surface area contributed by atoms with Crippen molar-refractivity contribution in [1.29, 1.82) is 0 Å². The number of benzene rings is 2. The Morgan fingerprint density at radius 3 is 2.57 bits per heavy atom. The van der Waals surface area contributed by atoms with Crippen LogP contribution in [0.5, 0.6) is 0 Å². The molecule has 1 aliphatic heterocycles. The topological polar surface area (TPSA) is 92.8 Å². The number of nitrogens with one attached hydrogen (secondary N) is 1. The van der Waals surface area contributed by atoms with E-state index in [0.717, 1.165) is 12.1 Å². The molecule has 160 valence electrons.